The molecule has 0 atom stereocenters. The van der Waals surface area contributed by atoms with E-state index >= 15 is 0 Å². The van der Waals surface area contributed by atoms with Crippen molar-refractivity contribution in [2.24, 2.45) is 0 Å². The van der Waals surface area contributed by atoms with Gasteiger partial charge in [0.1, 0.15) is 5.82 Å². The van der Waals surface area contributed by atoms with Crippen molar-refractivity contribution in [3.63, 3.8) is 0 Å². The predicted molar refractivity (Wildman–Crippen MR) is 46.9 cm³/mol. The maximum atomic E-state index is 12.8. The third kappa shape index (κ3) is 1.96. The van der Waals surface area contributed by atoms with Crippen molar-refractivity contribution < 1.29 is 9.50 Å². The Morgan fingerprint density at radius 1 is 1.50 bits per heavy atom. The first kappa shape index (κ1) is 9.49. The minimum atomic E-state index is -0.407. The zero-order valence-electron chi connectivity index (χ0n) is 6.77. The molecule has 0 amide bonds. The van der Waals surface area contributed by atoms with Gasteiger partial charge in [-0.05, 0) is 36.6 Å². The molecule has 0 aliphatic heterocycles. The molecule has 0 aliphatic carbocycles. The smallest absolute Gasteiger partial charge is 0.142 e. The first-order valence-electron chi connectivity index (χ1n) is 3.70. The Morgan fingerprint density at radius 3 is 2.75 bits per heavy atom. The number of aryl methyl sites for hydroxylation is 1. The second kappa shape index (κ2) is 3.87. The van der Waals surface area contributed by atoms with E-state index in [1.807, 2.05) is 0 Å². The van der Waals surface area contributed by atoms with Crippen molar-refractivity contribution in [2.75, 3.05) is 6.61 Å². The van der Waals surface area contributed by atoms with E-state index in [1.54, 1.807) is 13.0 Å². The van der Waals surface area contributed by atoms with Gasteiger partial charge in [-0.15, -0.1) is 0 Å². The predicted octanol–water partition coefficient (Wildman–Crippen LogP) is 2.32. The summed E-state index contributed by atoms with van der Waals surface area (Å²) < 4.78 is 12.8. The quantitative estimate of drug-likeness (QED) is 0.755. The molecule has 0 bridgehead atoms. The molecule has 0 aliphatic rings. The van der Waals surface area contributed by atoms with Gasteiger partial charge in [-0.2, -0.15) is 0 Å². The van der Waals surface area contributed by atoms with Gasteiger partial charge in [0.25, 0.3) is 0 Å². The fourth-order valence-corrected chi connectivity index (χ4v) is 1.26. The Labute approximate surface area is 75.8 Å². The fraction of sp³-hybridized carbons (Fsp3) is 0.333. The lowest BCUT2D eigenvalue weighted by molar-refractivity contribution is 0.299. The van der Waals surface area contributed by atoms with Crippen LogP contribution in [0.4, 0.5) is 4.39 Å². The van der Waals surface area contributed by atoms with Crippen LogP contribution >= 0.6 is 11.6 Å². The van der Waals surface area contributed by atoms with Gasteiger partial charge in [0.2, 0.25) is 0 Å². The molecule has 0 radical (unpaired) electrons. The Hall–Kier alpha value is -0.600. The van der Waals surface area contributed by atoms with Gasteiger partial charge in [0, 0.05) is 6.61 Å². The van der Waals surface area contributed by atoms with Crippen molar-refractivity contribution >= 4 is 11.6 Å². The summed E-state index contributed by atoms with van der Waals surface area (Å²) in [5, 5.41) is 8.78. The summed E-state index contributed by atoms with van der Waals surface area (Å²) in [5.74, 6) is -0.407. The maximum absolute atomic E-state index is 12.8. The first-order chi connectivity index (χ1) is 5.65. The van der Waals surface area contributed by atoms with Crippen LogP contribution in [0.5, 0.6) is 0 Å². The molecule has 0 saturated heterocycles. The van der Waals surface area contributed by atoms with E-state index in [2.05, 4.69) is 0 Å². The van der Waals surface area contributed by atoms with Gasteiger partial charge in [0.05, 0.1) is 5.02 Å². The first-order valence-corrected chi connectivity index (χ1v) is 4.08. The minimum absolute atomic E-state index is 0.0583. The van der Waals surface area contributed by atoms with Crippen LogP contribution in [-0.4, -0.2) is 11.7 Å². The standard InChI is InChI=1S/C9H10ClFO/c1-6-4-9(11)8(10)5-7(6)2-3-12/h4-5,12H,2-3H2,1H3. The summed E-state index contributed by atoms with van der Waals surface area (Å²) in [7, 11) is 0. The lowest BCUT2D eigenvalue weighted by atomic mass is 10.1. The lowest BCUT2D eigenvalue weighted by Crippen LogP contribution is -1.95. The summed E-state index contributed by atoms with van der Waals surface area (Å²) in [5.41, 5.74) is 1.72. The van der Waals surface area contributed by atoms with Gasteiger partial charge in [0.15, 0.2) is 0 Å². The number of aliphatic hydroxyl groups is 1. The number of benzene rings is 1. The Morgan fingerprint density at radius 2 is 2.17 bits per heavy atom. The molecule has 1 rings (SSSR count). The largest absolute Gasteiger partial charge is 0.396 e. The maximum Gasteiger partial charge on any atom is 0.142 e. The molecule has 0 unspecified atom stereocenters. The second-order valence-electron chi connectivity index (χ2n) is 2.67. The Balaban J connectivity index is 3.05. The van der Waals surface area contributed by atoms with Crippen LogP contribution in [0.3, 0.4) is 0 Å². The normalized spacial score (nSPS) is 10.3. The molecule has 0 aromatic heterocycles. The van der Waals surface area contributed by atoms with Crippen LogP contribution < -0.4 is 0 Å². The van der Waals surface area contributed by atoms with Crippen LogP contribution in [0.25, 0.3) is 0 Å². The van der Waals surface area contributed by atoms with Crippen molar-refractivity contribution in [2.45, 2.75) is 13.3 Å². The van der Waals surface area contributed by atoms with Crippen LogP contribution in [-0.2, 0) is 6.42 Å². The Kier molecular flexibility index (Phi) is 3.06. The number of rotatable bonds is 2. The highest BCUT2D eigenvalue weighted by molar-refractivity contribution is 6.30. The number of halogens is 2. The SMILES string of the molecule is Cc1cc(F)c(Cl)cc1CCO. The highest BCUT2D eigenvalue weighted by Crippen LogP contribution is 2.19. The highest BCUT2D eigenvalue weighted by atomic mass is 35.5. The average molecular weight is 189 g/mol. The second-order valence-corrected chi connectivity index (χ2v) is 3.07. The van der Waals surface area contributed by atoms with E-state index in [9.17, 15) is 4.39 Å². The lowest BCUT2D eigenvalue weighted by Gasteiger charge is -2.04. The topological polar surface area (TPSA) is 20.2 Å². The van der Waals surface area contributed by atoms with E-state index in [4.69, 9.17) is 16.7 Å². The van der Waals surface area contributed by atoms with Crippen LogP contribution in [0.2, 0.25) is 5.02 Å². The molecule has 0 spiro atoms. The number of aliphatic hydroxyl groups excluding tert-OH is 1. The van der Waals surface area contributed by atoms with E-state index in [1.165, 1.54) is 6.07 Å². The third-order valence-corrected chi connectivity index (χ3v) is 2.05. The summed E-state index contributed by atoms with van der Waals surface area (Å²) in [6.45, 7) is 1.85. The van der Waals surface area contributed by atoms with Gasteiger partial charge >= 0.3 is 0 Å². The van der Waals surface area contributed by atoms with E-state index in [-0.39, 0.29) is 11.6 Å². The van der Waals surface area contributed by atoms with Crippen LogP contribution in [0.15, 0.2) is 12.1 Å². The summed E-state index contributed by atoms with van der Waals surface area (Å²) in [4.78, 5) is 0. The molecule has 1 nitrogen and oxygen atoms in total. The zero-order chi connectivity index (χ0) is 9.14. The van der Waals surface area contributed by atoms with Gasteiger partial charge < -0.3 is 5.11 Å². The van der Waals surface area contributed by atoms with E-state index in [0.717, 1.165) is 11.1 Å². The Bertz CT molecular complexity index is 286. The average Bonchev–Trinajstić information content (AvgIpc) is 2.01. The molecule has 66 valence electrons. The summed E-state index contributed by atoms with van der Waals surface area (Å²) >= 11 is 5.56. The van der Waals surface area contributed by atoms with Gasteiger partial charge in [-0.25, -0.2) is 4.39 Å². The molecular formula is C9H10ClFO. The molecule has 0 heterocycles. The molecule has 1 aromatic rings. The van der Waals surface area contributed by atoms with Gasteiger partial charge in [-0.1, -0.05) is 11.6 Å². The molecule has 12 heavy (non-hydrogen) atoms. The highest BCUT2D eigenvalue weighted by Gasteiger charge is 2.04. The van der Waals surface area contributed by atoms with Crippen molar-refractivity contribution in [3.05, 3.63) is 34.1 Å². The molecule has 1 N–H and O–H groups in total. The zero-order valence-corrected chi connectivity index (χ0v) is 7.53. The molecular weight excluding hydrogens is 179 g/mol. The van der Waals surface area contributed by atoms with E-state index < -0.39 is 5.82 Å². The van der Waals surface area contributed by atoms with Crippen molar-refractivity contribution in [3.8, 4) is 0 Å². The molecule has 3 heteroatoms. The summed E-state index contributed by atoms with van der Waals surface area (Å²) in [6.07, 6.45) is 0.520. The monoisotopic (exact) mass is 188 g/mol. The number of hydrogen-bond acceptors (Lipinski definition) is 1. The molecule has 0 fully saturated rings. The van der Waals surface area contributed by atoms with Crippen molar-refractivity contribution in [1.29, 1.82) is 0 Å². The molecule has 1 aromatic carbocycles. The van der Waals surface area contributed by atoms with Crippen molar-refractivity contribution in [1.82, 2.24) is 0 Å². The molecule has 0 saturated carbocycles. The van der Waals surface area contributed by atoms with Crippen LogP contribution in [0.1, 0.15) is 11.1 Å². The minimum Gasteiger partial charge on any atom is -0.396 e. The number of hydrogen-bond donors (Lipinski definition) is 1. The third-order valence-electron chi connectivity index (χ3n) is 1.76. The summed E-state index contributed by atoms with van der Waals surface area (Å²) in [6, 6.07) is 2.94. The van der Waals surface area contributed by atoms with E-state index in [0.29, 0.717) is 6.42 Å². The van der Waals surface area contributed by atoms with Crippen LogP contribution in [0, 0.1) is 12.7 Å². The fourth-order valence-electron chi connectivity index (χ4n) is 1.08. The van der Waals surface area contributed by atoms with Gasteiger partial charge in [-0.3, -0.25) is 0 Å².